The summed E-state index contributed by atoms with van der Waals surface area (Å²) in [6, 6.07) is 26.2. The first-order chi connectivity index (χ1) is 17.7. The second-order valence-electron chi connectivity index (χ2n) is 7.91. The number of thiophene rings is 1. The van der Waals surface area contributed by atoms with Crippen LogP contribution in [0.1, 0.15) is 10.4 Å². The molecular formula is C28H17N3O3S2. The molecule has 3 aromatic heterocycles. The van der Waals surface area contributed by atoms with Crippen LogP contribution in [0.5, 0.6) is 0 Å². The Morgan fingerprint density at radius 3 is 2.58 bits per heavy atom. The normalized spacial score (nSPS) is 11.1. The topological polar surface area (TPSA) is 85.1 Å². The van der Waals surface area contributed by atoms with Gasteiger partial charge in [-0.1, -0.05) is 72.4 Å². The zero-order valence-corrected chi connectivity index (χ0v) is 20.3. The Morgan fingerprint density at radius 2 is 1.69 bits per heavy atom. The van der Waals surface area contributed by atoms with Crippen LogP contribution in [0.4, 0.5) is 5.69 Å². The van der Waals surface area contributed by atoms with Crippen molar-refractivity contribution in [2.45, 2.75) is 9.92 Å². The molecule has 1 amide bonds. The molecule has 6 rings (SSSR count). The molecule has 0 aliphatic heterocycles. The Balaban J connectivity index is 1.36. The number of nitrogens with one attached hydrogen (secondary N) is 1. The lowest BCUT2D eigenvalue weighted by Gasteiger charge is -2.11. The number of carbonyl (C=O) groups is 1. The summed E-state index contributed by atoms with van der Waals surface area (Å²) in [5.41, 5.74) is 2.43. The summed E-state index contributed by atoms with van der Waals surface area (Å²) >= 11 is 3.01. The van der Waals surface area contributed by atoms with Gasteiger partial charge in [0.25, 0.3) is 5.91 Å². The highest BCUT2D eigenvalue weighted by Gasteiger charge is 2.18. The summed E-state index contributed by atoms with van der Waals surface area (Å²) in [6.07, 6.45) is 1.55. The van der Waals surface area contributed by atoms with Gasteiger partial charge in [-0.15, -0.1) is 11.3 Å². The Hall–Kier alpha value is -4.27. The maximum Gasteiger partial charge on any atom is 0.349 e. The largest absolute Gasteiger partial charge is 0.422 e. The van der Waals surface area contributed by atoms with Crippen LogP contribution in [-0.4, -0.2) is 15.9 Å². The van der Waals surface area contributed by atoms with Gasteiger partial charge >= 0.3 is 5.63 Å². The van der Waals surface area contributed by atoms with Crippen molar-refractivity contribution in [3.8, 4) is 11.1 Å². The maximum absolute atomic E-state index is 13.1. The number of nitrogens with zero attached hydrogens (tertiary/aromatic N) is 2. The number of para-hydroxylation sites is 2. The standard InChI is InChI=1S/C28H17N3O3S2/c32-25(19-14-18-10-4-6-12-22(18)34-28(19)33)31-21-11-5-7-13-23(21)36-27-24-20(17-8-2-1-3-9-17)15-35-26(24)29-16-30-27/h1-16H,(H,31,32). The summed E-state index contributed by atoms with van der Waals surface area (Å²) in [5, 5.41) is 7.40. The number of carbonyl (C=O) groups excluding carboxylic acids is 1. The number of rotatable bonds is 5. The second-order valence-corrected chi connectivity index (χ2v) is 9.80. The minimum Gasteiger partial charge on any atom is -0.422 e. The van der Waals surface area contributed by atoms with E-state index in [1.54, 1.807) is 48.0 Å². The van der Waals surface area contributed by atoms with Crippen molar-refractivity contribution >= 4 is 55.9 Å². The molecule has 3 aromatic carbocycles. The molecule has 6 aromatic rings. The molecule has 0 unspecified atom stereocenters. The van der Waals surface area contributed by atoms with Crippen LogP contribution in [0.3, 0.4) is 0 Å². The number of hydrogen-bond donors (Lipinski definition) is 1. The fourth-order valence-electron chi connectivity index (χ4n) is 3.93. The van der Waals surface area contributed by atoms with Crippen LogP contribution in [0, 0.1) is 0 Å². The van der Waals surface area contributed by atoms with Crippen LogP contribution in [0.25, 0.3) is 32.3 Å². The van der Waals surface area contributed by atoms with E-state index in [-0.39, 0.29) is 5.56 Å². The highest BCUT2D eigenvalue weighted by atomic mass is 32.2. The van der Waals surface area contributed by atoms with Gasteiger partial charge in [-0.3, -0.25) is 4.79 Å². The third-order valence-electron chi connectivity index (χ3n) is 5.65. The fraction of sp³-hybridized carbons (Fsp3) is 0. The molecule has 3 heterocycles. The molecule has 0 fully saturated rings. The maximum atomic E-state index is 13.1. The highest BCUT2D eigenvalue weighted by Crippen LogP contribution is 2.41. The molecule has 8 heteroatoms. The Morgan fingerprint density at radius 1 is 0.917 bits per heavy atom. The van der Waals surface area contributed by atoms with E-state index in [1.165, 1.54) is 11.8 Å². The lowest BCUT2D eigenvalue weighted by molar-refractivity contribution is 0.102. The SMILES string of the molecule is O=C(Nc1ccccc1Sc1ncnc2scc(-c3ccccc3)c12)c1cc2ccccc2oc1=O. The molecule has 0 saturated carbocycles. The second kappa shape index (κ2) is 9.41. The average molecular weight is 508 g/mol. The van der Waals surface area contributed by atoms with Crippen molar-refractivity contribution in [2.75, 3.05) is 5.32 Å². The van der Waals surface area contributed by atoms with Gasteiger partial charge in [0.15, 0.2) is 0 Å². The summed E-state index contributed by atoms with van der Waals surface area (Å²) in [5.74, 6) is -0.532. The molecule has 1 N–H and O–H groups in total. The Kier molecular flexibility index (Phi) is 5.80. The number of aromatic nitrogens is 2. The first kappa shape index (κ1) is 22.2. The van der Waals surface area contributed by atoms with Crippen molar-refractivity contribution in [1.82, 2.24) is 9.97 Å². The van der Waals surface area contributed by atoms with E-state index in [2.05, 4.69) is 32.8 Å². The lowest BCUT2D eigenvalue weighted by atomic mass is 10.1. The quantitative estimate of drug-likeness (QED) is 0.202. The Labute approximate surface area is 213 Å². The third kappa shape index (κ3) is 4.17. The highest BCUT2D eigenvalue weighted by molar-refractivity contribution is 7.99. The van der Waals surface area contributed by atoms with Gasteiger partial charge in [-0.05, 0) is 29.8 Å². The number of benzene rings is 3. The van der Waals surface area contributed by atoms with Gasteiger partial charge in [0.1, 0.15) is 27.3 Å². The summed E-state index contributed by atoms with van der Waals surface area (Å²) < 4.78 is 5.33. The Bertz CT molecular complexity index is 1800. The first-order valence-corrected chi connectivity index (χ1v) is 12.8. The van der Waals surface area contributed by atoms with Crippen molar-refractivity contribution in [2.24, 2.45) is 0 Å². The van der Waals surface area contributed by atoms with Gasteiger partial charge in [-0.25, -0.2) is 14.8 Å². The van der Waals surface area contributed by atoms with E-state index in [9.17, 15) is 9.59 Å². The average Bonchev–Trinajstić information content (AvgIpc) is 3.35. The van der Waals surface area contributed by atoms with Gasteiger partial charge in [0.2, 0.25) is 0 Å². The molecule has 0 saturated heterocycles. The van der Waals surface area contributed by atoms with E-state index in [0.29, 0.717) is 16.7 Å². The number of fused-ring (bicyclic) bond motifs is 2. The van der Waals surface area contributed by atoms with E-state index < -0.39 is 11.5 Å². The molecule has 174 valence electrons. The summed E-state index contributed by atoms with van der Waals surface area (Å²) in [7, 11) is 0. The number of hydrogen-bond acceptors (Lipinski definition) is 7. The number of anilines is 1. The van der Waals surface area contributed by atoms with E-state index in [1.807, 2.05) is 42.5 Å². The fourth-order valence-corrected chi connectivity index (χ4v) is 5.90. The van der Waals surface area contributed by atoms with Gasteiger partial charge in [0.05, 0.1) is 11.1 Å². The molecule has 0 aliphatic rings. The van der Waals surface area contributed by atoms with Crippen LogP contribution in [-0.2, 0) is 0 Å². The first-order valence-electron chi connectivity index (χ1n) is 11.1. The molecule has 36 heavy (non-hydrogen) atoms. The molecule has 0 aliphatic carbocycles. The third-order valence-corrected chi connectivity index (χ3v) is 7.61. The smallest absolute Gasteiger partial charge is 0.349 e. The van der Waals surface area contributed by atoms with Gasteiger partial charge < -0.3 is 9.73 Å². The zero-order chi connectivity index (χ0) is 24.5. The molecule has 0 bridgehead atoms. The van der Waals surface area contributed by atoms with E-state index in [0.717, 1.165) is 31.3 Å². The number of amides is 1. The predicted octanol–water partition coefficient (Wildman–Crippen LogP) is 6.87. The lowest BCUT2D eigenvalue weighted by Crippen LogP contribution is -2.20. The van der Waals surface area contributed by atoms with Crippen molar-refractivity contribution in [3.63, 3.8) is 0 Å². The monoisotopic (exact) mass is 507 g/mol. The van der Waals surface area contributed by atoms with Gasteiger partial charge in [0, 0.05) is 21.2 Å². The molecule has 0 radical (unpaired) electrons. The van der Waals surface area contributed by atoms with Crippen molar-refractivity contribution in [1.29, 1.82) is 0 Å². The van der Waals surface area contributed by atoms with Crippen LogP contribution in [0.2, 0.25) is 0 Å². The van der Waals surface area contributed by atoms with E-state index in [4.69, 9.17) is 4.42 Å². The molecule has 6 nitrogen and oxygen atoms in total. The van der Waals surface area contributed by atoms with Crippen LogP contribution >= 0.6 is 23.1 Å². The van der Waals surface area contributed by atoms with E-state index >= 15 is 0 Å². The van der Waals surface area contributed by atoms with Crippen molar-refractivity contribution in [3.05, 3.63) is 113 Å². The molecular weight excluding hydrogens is 490 g/mol. The summed E-state index contributed by atoms with van der Waals surface area (Å²) in [6.45, 7) is 0. The molecule has 0 atom stereocenters. The minimum atomic E-state index is -0.681. The summed E-state index contributed by atoms with van der Waals surface area (Å²) in [4.78, 5) is 36.3. The molecule has 0 spiro atoms. The van der Waals surface area contributed by atoms with Crippen molar-refractivity contribution < 1.29 is 9.21 Å². The minimum absolute atomic E-state index is 0.0536. The van der Waals surface area contributed by atoms with Crippen LogP contribution in [0.15, 0.2) is 116 Å². The predicted molar refractivity (Wildman–Crippen MR) is 144 cm³/mol. The van der Waals surface area contributed by atoms with Crippen LogP contribution < -0.4 is 10.9 Å². The zero-order valence-electron chi connectivity index (χ0n) is 18.7. The van der Waals surface area contributed by atoms with Gasteiger partial charge in [-0.2, -0.15) is 0 Å².